The molecule has 0 fully saturated rings. The molecule has 3 nitrogen and oxygen atoms in total. The fourth-order valence-electron chi connectivity index (χ4n) is 1.81. The van der Waals surface area contributed by atoms with Crippen LogP contribution < -0.4 is 15.2 Å². The van der Waals surface area contributed by atoms with Crippen molar-refractivity contribution in [3.63, 3.8) is 0 Å². The number of ether oxygens (including phenoxy) is 2. The van der Waals surface area contributed by atoms with E-state index in [-0.39, 0.29) is 11.7 Å². The molecule has 0 spiro atoms. The van der Waals surface area contributed by atoms with Crippen molar-refractivity contribution >= 4 is 17.2 Å². The molecule has 0 bridgehead atoms. The summed E-state index contributed by atoms with van der Waals surface area (Å²) in [5.74, 6) is 0.662. The van der Waals surface area contributed by atoms with Gasteiger partial charge in [-0.15, -0.1) is 0 Å². The maximum absolute atomic E-state index is 14.2. The molecule has 0 saturated carbocycles. The minimum Gasteiger partial charge on any atom is -0.490 e. The van der Waals surface area contributed by atoms with E-state index in [1.165, 1.54) is 6.07 Å². The third-order valence-electron chi connectivity index (χ3n) is 3.05. The summed E-state index contributed by atoms with van der Waals surface area (Å²) >= 11 is 4.95. The van der Waals surface area contributed by atoms with E-state index in [0.717, 1.165) is 12.8 Å². The fraction of sp³-hybridized carbons (Fsp3) is 0.562. The van der Waals surface area contributed by atoms with Crippen molar-refractivity contribution in [1.29, 1.82) is 0 Å². The van der Waals surface area contributed by atoms with Crippen molar-refractivity contribution in [1.82, 2.24) is 0 Å². The van der Waals surface area contributed by atoms with Crippen molar-refractivity contribution < 1.29 is 13.9 Å². The van der Waals surface area contributed by atoms with Crippen LogP contribution in [0.2, 0.25) is 0 Å². The van der Waals surface area contributed by atoms with Crippen LogP contribution in [0.5, 0.6) is 11.5 Å². The van der Waals surface area contributed by atoms with Crippen molar-refractivity contribution in [2.45, 2.75) is 40.0 Å². The SMILES string of the molecule is CCCOc1cc(F)c(CC(C)C(N)=S)cc1OCCC. The molecule has 0 aliphatic heterocycles. The van der Waals surface area contributed by atoms with E-state index in [4.69, 9.17) is 27.4 Å². The van der Waals surface area contributed by atoms with E-state index in [0.29, 0.717) is 41.7 Å². The van der Waals surface area contributed by atoms with E-state index < -0.39 is 0 Å². The van der Waals surface area contributed by atoms with Gasteiger partial charge in [-0.1, -0.05) is 33.0 Å². The molecule has 2 N–H and O–H groups in total. The fourth-order valence-corrected chi connectivity index (χ4v) is 1.90. The molecule has 0 heterocycles. The Morgan fingerprint density at radius 3 is 2.19 bits per heavy atom. The molecule has 1 aromatic carbocycles. The topological polar surface area (TPSA) is 44.5 Å². The van der Waals surface area contributed by atoms with Gasteiger partial charge >= 0.3 is 0 Å². The van der Waals surface area contributed by atoms with Crippen molar-refractivity contribution in [2.75, 3.05) is 13.2 Å². The predicted molar refractivity (Wildman–Crippen MR) is 87.6 cm³/mol. The van der Waals surface area contributed by atoms with Gasteiger partial charge in [0.15, 0.2) is 11.5 Å². The van der Waals surface area contributed by atoms with Crippen LogP contribution in [0.3, 0.4) is 0 Å². The minimum atomic E-state index is -0.312. The van der Waals surface area contributed by atoms with Gasteiger partial charge in [0.1, 0.15) is 5.82 Å². The van der Waals surface area contributed by atoms with Crippen LogP contribution in [0.15, 0.2) is 12.1 Å². The third-order valence-corrected chi connectivity index (χ3v) is 3.45. The summed E-state index contributed by atoms with van der Waals surface area (Å²) < 4.78 is 25.4. The largest absolute Gasteiger partial charge is 0.490 e. The van der Waals surface area contributed by atoms with E-state index in [9.17, 15) is 4.39 Å². The number of hydrogen-bond acceptors (Lipinski definition) is 3. The standard InChI is InChI=1S/C16H24FNO2S/c1-4-6-19-14-9-12(8-11(3)16(18)21)13(17)10-15(14)20-7-5-2/h9-11H,4-8H2,1-3H3,(H2,18,21). The second-order valence-electron chi connectivity index (χ2n) is 5.09. The van der Waals surface area contributed by atoms with Gasteiger partial charge < -0.3 is 15.2 Å². The summed E-state index contributed by atoms with van der Waals surface area (Å²) in [6, 6.07) is 3.09. The zero-order valence-electron chi connectivity index (χ0n) is 12.9. The van der Waals surface area contributed by atoms with Crippen LogP contribution >= 0.6 is 12.2 Å². The maximum atomic E-state index is 14.2. The lowest BCUT2D eigenvalue weighted by atomic mass is 10.0. The molecular formula is C16H24FNO2S. The van der Waals surface area contributed by atoms with Crippen LogP contribution in [0.1, 0.15) is 39.2 Å². The number of halogens is 1. The highest BCUT2D eigenvalue weighted by Crippen LogP contribution is 2.32. The first-order valence-electron chi connectivity index (χ1n) is 7.36. The van der Waals surface area contributed by atoms with Gasteiger partial charge in [-0.2, -0.15) is 0 Å². The molecule has 5 heteroatoms. The molecule has 0 saturated heterocycles. The smallest absolute Gasteiger partial charge is 0.164 e. The Morgan fingerprint density at radius 2 is 1.71 bits per heavy atom. The molecule has 1 unspecified atom stereocenters. The first kappa shape index (κ1) is 17.7. The normalized spacial score (nSPS) is 12.0. The molecule has 1 aromatic rings. The summed E-state index contributed by atoms with van der Waals surface area (Å²) in [6.07, 6.45) is 2.19. The summed E-state index contributed by atoms with van der Waals surface area (Å²) in [6.45, 7) is 7.01. The van der Waals surface area contributed by atoms with Gasteiger partial charge in [-0.3, -0.25) is 0 Å². The monoisotopic (exact) mass is 313 g/mol. The lowest BCUT2D eigenvalue weighted by Crippen LogP contribution is -2.20. The van der Waals surface area contributed by atoms with Crippen LogP contribution in [-0.4, -0.2) is 18.2 Å². The van der Waals surface area contributed by atoms with Crippen molar-refractivity contribution in [3.8, 4) is 11.5 Å². The first-order chi connectivity index (χ1) is 9.99. The number of nitrogens with two attached hydrogens (primary N) is 1. The molecule has 118 valence electrons. The van der Waals surface area contributed by atoms with Gasteiger partial charge in [-0.05, 0) is 30.9 Å². The highest BCUT2D eigenvalue weighted by atomic mass is 32.1. The van der Waals surface area contributed by atoms with E-state index in [1.54, 1.807) is 6.07 Å². The molecule has 1 atom stereocenters. The number of rotatable bonds is 9. The van der Waals surface area contributed by atoms with Crippen molar-refractivity contribution in [2.24, 2.45) is 11.7 Å². The average molecular weight is 313 g/mol. The molecule has 0 radical (unpaired) electrons. The Kier molecular flexibility index (Phi) is 7.43. The zero-order chi connectivity index (χ0) is 15.8. The summed E-state index contributed by atoms with van der Waals surface area (Å²) in [5, 5.41) is 0. The summed E-state index contributed by atoms with van der Waals surface area (Å²) in [5.41, 5.74) is 6.15. The Balaban J connectivity index is 3.01. The van der Waals surface area contributed by atoms with E-state index in [2.05, 4.69) is 0 Å². The molecule has 0 aliphatic rings. The Bertz CT molecular complexity index is 480. The van der Waals surface area contributed by atoms with Gasteiger partial charge in [0, 0.05) is 12.0 Å². The predicted octanol–water partition coefficient (Wildman–Crippen LogP) is 3.87. The zero-order valence-corrected chi connectivity index (χ0v) is 13.8. The van der Waals surface area contributed by atoms with E-state index >= 15 is 0 Å². The van der Waals surface area contributed by atoms with Gasteiger partial charge in [0.2, 0.25) is 0 Å². The molecule has 0 aliphatic carbocycles. The second kappa shape index (κ2) is 8.82. The highest BCUT2D eigenvalue weighted by Gasteiger charge is 2.15. The molecule has 1 rings (SSSR count). The molecule has 0 amide bonds. The Labute approximate surface area is 131 Å². The summed E-state index contributed by atoms with van der Waals surface area (Å²) in [4.78, 5) is 0.386. The van der Waals surface area contributed by atoms with Crippen LogP contribution in [0, 0.1) is 11.7 Å². The lowest BCUT2D eigenvalue weighted by Gasteiger charge is -2.16. The quantitative estimate of drug-likeness (QED) is 0.703. The molecule has 21 heavy (non-hydrogen) atoms. The molecular weight excluding hydrogens is 289 g/mol. The maximum Gasteiger partial charge on any atom is 0.164 e. The lowest BCUT2D eigenvalue weighted by molar-refractivity contribution is 0.266. The van der Waals surface area contributed by atoms with Gasteiger partial charge in [0.05, 0.1) is 18.2 Å². The first-order valence-corrected chi connectivity index (χ1v) is 7.77. The third kappa shape index (κ3) is 5.50. The number of benzene rings is 1. The van der Waals surface area contributed by atoms with Crippen molar-refractivity contribution in [3.05, 3.63) is 23.5 Å². The van der Waals surface area contributed by atoms with E-state index in [1.807, 2.05) is 20.8 Å². The van der Waals surface area contributed by atoms with Gasteiger partial charge in [-0.25, -0.2) is 4.39 Å². The minimum absolute atomic E-state index is 0.0593. The van der Waals surface area contributed by atoms with Gasteiger partial charge in [0.25, 0.3) is 0 Å². The summed E-state index contributed by atoms with van der Waals surface area (Å²) in [7, 11) is 0. The number of hydrogen-bond donors (Lipinski definition) is 1. The molecule has 0 aromatic heterocycles. The Morgan fingerprint density at radius 1 is 1.19 bits per heavy atom. The van der Waals surface area contributed by atoms with Crippen LogP contribution in [0.25, 0.3) is 0 Å². The average Bonchev–Trinajstić information content (AvgIpc) is 2.45. The number of thiocarbonyl (C=S) groups is 1. The van der Waals surface area contributed by atoms with Crippen LogP contribution in [0.4, 0.5) is 4.39 Å². The second-order valence-corrected chi connectivity index (χ2v) is 5.57. The van der Waals surface area contributed by atoms with Crippen LogP contribution in [-0.2, 0) is 6.42 Å². The highest BCUT2D eigenvalue weighted by molar-refractivity contribution is 7.80. The Hall–Kier alpha value is -1.36.